The fourth-order valence-corrected chi connectivity index (χ4v) is 3.99. The molecule has 25 heavy (non-hydrogen) atoms. The average molecular weight is 361 g/mol. The fraction of sp³-hybridized carbons (Fsp3) is 0.368. The lowest BCUT2D eigenvalue weighted by molar-refractivity contribution is -0.119. The molecule has 1 aromatic carbocycles. The number of hydrogen-bond acceptors (Lipinski definition) is 4. The molecule has 1 amide bonds. The molecule has 1 aliphatic rings. The molecule has 0 saturated carbocycles. The van der Waals surface area contributed by atoms with Gasteiger partial charge in [-0.15, -0.1) is 11.3 Å². The van der Waals surface area contributed by atoms with E-state index in [4.69, 9.17) is 4.74 Å². The number of nitrogens with one attached hydrogen (secondary N) is 1. The van der Waals surface area contributed by atoms with Crippen LogP contribution in [0.3, 0.4) is 0 Å². The molecule has 1 aromatic heterocycles. The number of benzene rings is 1. The van der Waals surface area contributed by atoms with Crippen LogP contribution in [-0.4, -0.2) is 18.5 Å². The van der Waals surface area contributed by atoms with Gasteiger partial charge in [-0.2, -0.15) is 0 Å². The Kier molecular flexibility index (Phi) is 5.48. The Labute approximate surface area is 150 Å². The van der Waals surface area contributed by atoms with Crippen LogP contribution in [0.4, 0.5) is 10.1 Å². The van der Waals surface area contributed by atoms with Gasteiger partial charge < -0.3 is 10.1 Å². The lowest BCUT2D eigenvalue weighted by atomic mass is 10.1. The van der Waals surface area contributed by atoms with Crippen molar-refractivity contribution in [1.82, 2.24) is 0 Å². The average Bonchev–Trinajstić information content (AvgIpc) is 2.87. The molecule has 132 valence electrons. The van der Waals surface area contributed by atoms with E-state index in [0.717, 1.165) is 25.7 Å². The molecule has 0 saturated heterocycles. The number of carbonyl (C=O) groups is 2. The SMILES string of the molecule is Cc1ccc(NC(=O)COC(=O)c2cc3c(s2)CCCCC3)cc1F. The number of ether oxygens (including phenoxy) is 1. The third-order valence-corrected chi connectivity index (χ3v) is 5.45. The highest BCUT2D eigenvalue weighted by Crippen LogP contribution is 2.29. The predicted molar refractivity (Wildman–Crippen MR) is 95.6 cm³/mol. The van der Waals surface area contributed by atoms with Gasteiger partial charge in [0.25, 0.3) is 5.91 Å². The summed E-state index contributed by atoms with van der Waals surface area (Å²) in [6, 6.07) is 6.32. The van der Waals surface area contributed by atoms with E-state index in [1.807, 2.05) is 6.07 Å². The van der Waals surface area contributed by atoms with Crippen LogP contribution in [0.2, 0.25) is 0 Å². The summed E-state index contributed by atoms with van der Waals surface area (Å²) < 4.78 is 18.6. The first-order chi connectivity index (χ1) is 12.0. The van der Waals surface area contributed by atoms with Crippen LogP contribution in [-0.2, 0) is 22.4 Å². The molecule has 1 N–H and O–H groups in total. The Hall–Kier alpha value is -2.21. The Morgan fingerprint density at radius 1 is 1.20 bits per heavy atom. The van der Waals surface area contributed by atoms with Crippen molar-refractivity contribution in [1.29, 1.82) is 0 Å². The molecular formula is C19H20FNO3S. The number of hydrogen-bond donors (Lipinski definition) is 1. The summed E-state index contributed by atoms with van der Waals surface area (Å²) in [6.07, 6.45) is 5.53. The van der Waals surface area contributed by atoms with Crippen molar-refractivity contribution in [3.63, 3.8) is 0 Å². The summed E-state index contributed by atoms with van der Waals surface area (Å²) >= 11 is 1.46. The minimum Gasteiger partial charge on any atom is -0.451 e. The van der Waals surface area contributed by atoms with Gasteiger partial charge in [0.15, 0.2) is 6.61 Å². The standard InChI is InChI=1S/C19H20FNO3S/c1-12-7-8-14(10-15(12)20)21-18(22)11-24-19(23)17-9-13-5-3-2-4-6-16(13)25-17/h7-10H,2-6,11H2,1H3,(H,21,22). The van der Waals surface area contributed by atoms with E-state index in [-0.39, 0.29) is 0 Å². The normalized spacial score (nSPS) is 13.7. The molecule has 2 aromatic rings. The quantitative estimate of drug-likeness (QED) is 0.654. The second-order valence-electron chi connectivity index (χ2n) is 6.21. The number of amides is 1. The van der Waals surface area contributed by atoms with Gasteiger partial charge in [0, 0.05) is 10.6 Å². The fourth-order valence-electron chi connectivity index (χ4n) is 2.84. The van der Waals surface area contributed by atoms with Crippen molar-refractivity contribution in [2.45, 2.75) is 39.0 Å². The van der Waals surface area contributed by atoms with E-state index in [1.165, 1.54) is 34.3 Å². The summed E-state index contributed by atoms with van der Waals surface area (Å²) in [6.45, 7) is 1.25. The Bertz CT molecular complexity index is 776. The summed E-state index contributed by atoms with van der Waals surface area (Å²) in [5.74, 6) is -1.37. The number of thiophene rings is 1. The molecule has 1 heterocycles. The summed E-state index contributed by atoms with van der Waals surface area (Å²) in [5, 5.41) is 2.52. The van der Waals surface area contributed by atoms with Crippen molar-refractivity contribution >= 4 is 28.9 Å². The molecule has 3 rings (SSSR count). The summed E-state index contributed by atoms with van der Waals surface area (Å²) in [5.41, 5.74) is 2.07. The molecule has 0 unspecified atom stereocenters. The van der Waals surface area contributed by atoms with Gasteiger partial charge in [-0.25, -0.2) is 9.18 Å². The molecule has 0 radical (unpaired) electrons. The molecule has 0 aliphatic heterocycles. The summed E-state index contributed by atoms with van der Waals surface area (Å²) in [7, 11) is 0. The highest BCUT2D eigenvalue weighted by Gasteiger charge is 2.18. The van der Waals surface area contributed by atoms with Gasteiger partial charge in [0.05, 0.1) is 0 Å². The van der Waals surface area contributed by atoms with Crippen LogP contribution in [0.25, 0.3) is 0 Å². The van der Waals surface area contributed by atoms with E-state index < -0.39 is 24.3 Å². The third kappa shape index (κ3) is 4.45. The van der Waals surface area contributed by atoms with E-state index in [9.17, 15) is 14.0 Å². The molecule has 0 atom stereocenters. The number of carbonyl (C=O) groups excluding carboxylic acids is 2. The van der Waals surface area contributed by atoms with E-state index >= 15 is 0 Å². The topological polar surface area (TPSA) is 55.4 Å². The largest absolute Gasteiger partial charge is 0.451 e. The van der Waals surface area contributed by atoms with Crippen molar-refractivity contribution in [3.05, 3.63) is 51.0 Å². The lowest BCUT2D eigenvalue weighted by Gasteiger charge is -2.07. The first-order valence-electron chi connectivity index (χ1n) is 8.37. The van der Waals surface area contributed by atoms with E-state index in [1.54, 1.807) is 19.1 Å². The Morgan fingerprint density at radius 3 is 2.80 bits per heavy atom. The van der Waals surface area contributed by atoms with Crippen LogP contribution in [0.5, 0.6) is 0 Å². The van der Waals surface area contributed by atoms with Crippen molar-refractivity contribution in [2.24, 2.45) is 0 Å². The van der Waals surface area contributed by atoms with Gasteiger partial charge in [0.1, 0.15) is 10.7 Å². The highest BCUT2D eigenvalue weighted by molar-refractivity contribution is 7.14. The zero-order chi connectivity index (χ0) is 17.8. The first-order valence-corrected chi connectivity index (χ1v) is 9.19. The minimum absolute atomic E-state index is 0.340. The van der Waals surface area contributed by atoms with Crippen molar-refractivity contribution in [2.75, 3.05) is 11.9 Å². The number of anilines is 1. The van der Waals surface area contributed by atoms with Gasteiger partial charge in [0.2, 0.25) is 0 Å². The van der Waals surface area contributed by atoms with Crippen LogP contribution < -0.4 is 5.32 Å². The molecule has 1 aliphatic carbocycles. The van der Waals surface area contributed by atoms with Crippen LogP contribution >= 0.6 is 11.3 Å². The van der Waals surface area contributed by atoms with Crippen LogP contribution in [0, 0.1) is 12.7 Å². The molecule has 0 bridgehead atoms. The van der Waals surface area contributed by atoms with E-state index in [2.05, 4.69) is 5.32 Å². The Morgan fingerprint density at radius 2 is 2.00 bits per heavy atom. The molecule has 6 heteroatoms. The third-order valence-electron chi connectivity index (χ3n) is 4.24. The first kappa shape index (κ1) is 17.6. The zero-order valence-electron chi connectivity index (χ0n) is 14.1. The number of esters is 1. The maximum absolute atomic E-state index is 13.5. The van der Waals surface area contributed by atoms with Crippen molar-refractivity contribution in [3.8, 4) is 0 Å². The molecular weight excluding hydrogens is 341 g/mol. The highest BCUT2D eigenvalue weighted by atomic mass is 32.1. The minimum atomic E-state index is -0.491. The predicted octanol–water partition coefficient (Wildman–Crippen LogP) is 4.26. The molecule has 4 nitrogen and oxygen atoms in total. The van der Waals surface area contributed by atoms with Crippen molar-refractivity contribution < 1.29 is 18.7 Å². The van der Waals surface area contributed by atoms with Gasteiger partial charge in [-0.3, -0.25) is 4.79 Å². The smallest absolute Gasteiger partial charge is 0.348 e. The Balaban J connectivity index is 1.55. The zero-order valence-corrected chi connectivity index (χ0v) is 14.9. The lowest BCUT2D eigenvalue weighted by Crippen LogP contribution is -2.20. The van der Waals surface area contributed by atoms with Crippen LogP contribution in [0.15, 0.2) is 24.3 Å². The second kappa shape index (κ2) is 7.78. The number of rotatable bonds is 4. The molecule has 0 spiro atoms. The number of fused-ring (bicyclic) bond motifs is 1. The summed E-state index contributed by atoms with van der Waals surface area (Å²) in [4.78, 5) is 25.8. The molecule has 0 fully saturated rings. The van der Waals surface area contributed by atoms with Gasteiger partial charge in [-0.05, 0) is 61.9 Å². The second-order valence-corrected chi connectivity index (χ2v) is 7.34. The monoisotopic (exact) mass is 361 g/mol. The van der Waals surface area contributed by atoms with Crippen LogP contribution in [0.1, 0.15) is 44.9 Å². The van der Waals surface area contributed by atoms with Gasteiger partial charge in [-0.1, -0.05) is 12.5 Å². The number of halogens is 1. The maximum Gasteiger partial charge on any atom is 0.348 e. The van der Waals surface area contributed by atoms with E-state index in [0.29, 0.717) is 16.1 Å². The van der Waals surface area contributed by atoms with Gasteiger partial charge >= 0.3 is 5.97 Å². The maximum atomic E-state index is 13.5. The number of aryl methyl sites for hydroxylation is 3.